The van der Waals surface area contributed by atoms with Crippen molar-refractivity contribution < 1.29 is 4.74 Å². The molecule has 6 heteroatoms. The van der Waals surface area contributed by atoms with E-state index in [4.69, 9.17) is 4.74 Å². The van der Waals surface area contributed by atoms with Gasteiger partial charge in [-0.15, -0.1) is 10.2 Å². The largest absolute Gasteiger partial charge is 0.448 e. The van der Waals surface area contributed by atoms with E-state index < -0.39 is 0 Å². The molecule has 0 spiro atoms. The first kappa shape index (κ1) is 16.1. The van der Waals surface area contributed by atoms with E-state index in [1.165, 1.54) is 22.5 Å². The summed E-state index contributed by atoms with van der Waals surface area (Å²) < 4.78 is 6.28. The molecule has 5 nitrogen and oxygen atoms in total. The highest BCUT2D eigenvalue weighted by molar-refractivity contribution is 7.98. The number of para-hydroxylation sites is 1. The van der Waals surface area contributed by atoms with Gasteiger partial charge in [-0.25, -0.2) is 0 Å². The molecule has 1 aromatic heterocycles. The molecular weight excluding hydrogens is 356 g/mol. The lowest BCUT2D eigenvalue weighted by atomic mass is 10.1. The first-order chi connectivity index (χ1) is 13.3. The normalized spacial score (nSPS) is 15.2. The first-order valence-electron chi connectivity index (χ1n) is 8.62. The van der Waals surface area contributed by atoms with Gasteiger partial charge in [0.1, 0.15) is 0 Å². The number of anilines is 1. The molecule has 1 atom stereocenters. The Morgan fingerprint density at radius 2 is 1.74 bits per heavy atom. The highest BCUT2D eigenvalue weighted by Gasteiger charge is 2.25. The maximum absolute atomic E-state index is 6.28. The molecule has 0 aliphatic carbocycles. The Labute approximate surface area is 160 Å². The van der Waals surface area contributed by atoms with Crippen LogP contribution >= 0.6 is 11.8 Å². The number of nitrogens with one attached hydrogen (secondary N) is 1. The summed E-state index contributed by atoms with van der Waals surface area (Å²) >= 11 is 1.44. The first-order valence-corrected chi connectivity index (χ1v) is 9.84. The van der Waals surface area contributed by atoms with Crippen LogP contribution in [0.4, 0.5) is 5.69 Å². The Morgan fingerprint density at radius 3 is 2.63 bits per heavy atom. The van der Waals surface area contributed by atoms with Gasteiger partial charge >= 0.3 is 0 Å². The quantitative estimate of drug-likeness (QED) is 0.504. The van der Waals surface area contributed by atoms with Crippen molar-refractivity contribution in [1.82, 2.24) is 15.2 Å². The number of aromatic nitrogens is 3. The van der Waals surface area contributed by atoms with Gasteiger partial charge in [0.2, 0.25) is 11.0 Å². The van der Waals surface area contributed by atoms with E-state index in [1.54, 1.807) is 0 Å². The van der Waals surface area contributed by atoms with Crippen molar-refractivity contribution in [3.8, 4) is 17.1 Å². The lowest BCUT2D eigenvalue weighted by Gasteiger charge is -2.19. The Hall–Kier alpha value is -3.12. The number of hydrogen-bond acceptors (Lipinski definition) is 6. The average molecular weight is 372 g/mol. The molecule has 1 N–H and O–H groups in total. The van der Waals surface area contributed by atoms with Gasteiger partial charge < -0.3 is 10.1 Å². The minimum Gasteiger partial charge on any atom is -0.448 e. The van der Waals surface area contributed by atoms with Crippen LogP contribution < -0.4 is 10.1 Å². The van der Waals surface area contributed by atoms with Crippen LogP contribution in [-0.2, 0) is 0 Å². The molecule has 0 amide bonds. The number of thioether (sulfide) groups is 1. The van der Waals surface area contributed by atoms with Gasteiger partial charge in [-0.3, -0.25) is 0 Å². The zero-order valence-corrected chi connectivity index (χ0v) is 15.4. The molecule has 2 heterocycles. The van der Waals surface area contributed by atoms with Crippen molar-refractivity contribution in [3.63, 3.8) is 0 Å². The Morgan fingerprint density at radius 1 is 0.926 bits per heavy atom. The Kier molecular flexibility index (Phi) is 3.90. The predicted octanol–water partition coefficient (Wildman–Crippen LogP) is 4.92. The number of hydrogen-bond donors (Lipinski definition) is 1. The third-order valence-corrected chi connectivity index (χ3v) is 5.13. The van der Waals surface area contributed by atoms with Gasteiger partial charge in [0.05, 0.1) is 0 Å². The molecular formula is C21H16N4OS. The molecule has 5 rings (SSSR count). The zero-order chi connectivity index (χ0) is 18.2. The van der Waals surface area contributed by atoms with Crippen LogP contribution in [0.5, 0.6) is 5.88 Å². The van der Waals surface area contributed by atoms with Crippen molar-refractivity contribution in [1.29, 1.82) is 0 Å². The lowest BCUT2D eigenvalue weighted by Crippen LogP contribution is -2.17. The van der Waals surface area contributed by atoms with E-state index in [0.29, 0.717) is 16.7 Å². The summed E-state index contributed by atoms with van der Waals surface area (Å²) in [5.41, 5.74) is 3.56. The molecule has 27 heavy (non-hydrogen) atoms. The summed E-state index contributed by atoms with van der Waals surface area (Å²) in [6, 6.07) is 22.6. The standard InChI is InChI=1S/C21H16N4OS/c1-27-21-23-20-18(24-25-21)16-8-4-5-9-17(16)22-19(26-20)15-11-10-13-6-2-3-7-14(13)12-15/h2-12,19,22H,1H3/t19-/m1/s1. The van der Waals surface area contributed by atoms with E-state index >= 15 is 0 Å². The molecule has 0 saturated heterocycles. The highest BCUT2D eigenvalue weighted by Crippen LogP contribution is 2.39. The van der Waals surface area contributed by atoms with Crippen LogP contribution in [0, 0.1) is 0 Å². The van der Waals surface area contributed by atoms with E-state index in [0.717, 1.165) is 16.8 Å². The van der Waals surface area contributed by atoms with Crippen molar-refractivity contribution in [3.05, 3.63) is 72.3 Å². The van der Waals surface area contributed by atoms with E-state index in [2.05, 4.69) is 50.8 Å². The smallest absolute Gasteiger partial charge is 0.247 e. The molecule has 1 aliphatic rings. The molecule has 0 unspecified atom stereocenters. The number of ether oxygens (including phenoxy) is 1. The summed E-state index contributed by atoms with van der Waals surface area (Å²) in [7, 11) is 0. The van der Waals surface area contributed by atoms with E-state index in [9.17, 15) is 0 Å². The molecule has 0 radical (unpaired) electrons. The monoisotopic (exact) mass is 372 g/mol. The van der Waals surface area contributed by atoms with Gasteiger partial charge in [0, 0.05) is 16.8 Å². The Balaban J connectivity index is 1.65. The van der Waals surface area contributed by atoms with Crippen LogP contribution in [0.25, 0.3) is 22.0 Å². The number of rotatable bonds is 2. The maximum Gasteiger partial charge on any atom is 0.247 e. The molecule has 0 bridgehead atoms. The fraction of sp³-hybridized carbons (Fsp3) is 0.0952. The van der Waals surface area contributed by atoms with Crippen LogP contribution in [-0.4, -0.2) is 21.4 Å². The Bertz CT molecular complexity index is 1150. The molecule has 0 saturated carbocycles. The van der Waals surface area contributed by atoms with Gasteiger partial charge in [0.25, 0.3) is 0 Å². The summed E-state index contributed by atoms with van der Waals surface area (Å²) in [6.07, 6.45) is 1.55. The number of nitrogens with zero attached hydrogens (tertiary/aromatic N) is 3. The topological polar surface area (TPSA) is 59.9 Å². The molecule has 0 fully saturated rings. The number of benzene rings is 3. The fourth-order valence-electron chi connectivity index (χ4n) is 3.26. The maximum atomic E-state index is 6.28. The van der Waals surface area contributed by atoms with Crippen molar-refractivity contribution in [2.24, 2.45) is 0 Å². The highest BCUT2D eigenvalue weighted by atomic mass is 32.2. The van der Waals surface area contributed by atoms with Crippen LogP contribution in [0.2, 0.25) is 0 Å². The third kappa shape index (κ3) is 2.88. The second kappa shape index (κ2) is 6.55. The summed E-state index contributed by atoms with van der Waals surface area (Å²) in [5.74, 6) is 0.491. The zero-order valence-electron chi connectivity index (χ0n) is 14.6. The molecule has 132 valence electrons. The van der Waals surface area contributed by atoms with Gasteiger partial charge in [-0.05, 0) is 29.2 Å². The molecule has 4 aromatic rings. The summed E-state index contributed by atoms with van der Waals surface area (Å²) in [6.45, 7) is 0. The van der Waals surface area contributed by atoms with Gasteiger partial charge in [-0.1, -0.05) is 66.4 Å². The summed E-state index contributed by atoms with van der Waals surface area (Å²) in [5, 5.41) is 15.0. The van der Waals surface area contributed by atoms with Crippen molar-refractivity contribution in [2.75, 3.05) is 11.6 Å². The van der Waals surface area contributed by atoms with E-state index in [1.807, 2.05) is 42.7 Å². The fourth-order valence-corrected chi connectivity index (χ4v) is 3.55. The van der Waals surface area contributed by atoms with Crippen LogP contribution in [0.15, 0.2) is 71.9 Å². The van der Waals surface area contributed by atoms with Gasteiger partial charge in [-0.2, -0.15) is 4.98 Å². The summed E-state index contributed by atoms with van der Waals surface area (Å²) in [4.78, 5) is 4.56. The van der Waals surface area contributed by atoms with Crippen molar-refractivity contribution in [2.45, 2.75) is 11.4 Å². The SMILES string of the molecule is CSc1nnc2c(n1)O[C@H](c1ccc3ccccc3c1)Nc1ccccc1-2. The molecule has 1 aliphatic heterocycles. The van der Waals surface area contributed by atoms with E-state index in [-0.39, 0.29) is 6.23 Å². The van der Waals surface area contributed by atoms with Crippen LogP contribution in [0.1, 0.15) is 11.8 Å². The molecule has 3 aromatic carbocycles. The van der Waals surface area contributed by atoms with Crippen molar-refractivity contribution >= 4 is 28.2 Å². The van der Waals surface area contributed by atoms with Crippen LogP contribution in [0.3, 0.4) is 0 Å². The predicted molar refractivity (Wildman–Crippen MR) is 108 cm³/mol. The third-order valence-electron chi connectivity index (χ3n) is 4.59. The average Bonchev–Trinajstić information content (AvgIpc) is 2.89. The minimum absolute atomic E-state index is 0.372. The number of fused-ring (bicyclic) bond motifs is 4. The second-order valence-corrected chi connectivity index (χ2v) is 7.02. The second-order valence-electron chi connectivity index (χ2n) is 6.25. The lowest BCUT2D eigenvalue weighted by molar-refractivity contribution is 0.225. The minimum atomic E-state index is -0.372. The van der Waals surface area contributed by atoms with Gasteiger partial charge in [0.15, 0.2) is 11.9 Å².